The molecule has 0 radical (unpaired) electrons. The Morgan fingerprint density at radius 2 is 1.63 bits per heavy atom. The van der Waals surface area contributed by atoms with Crippen LogP contribution in [0.25, 0.3) is 0 Å². The van der Waals surface area contributed by atoms with E-state index < -0.39 is 0 Å². The summed E-state index contributed by atoms with van der Waals surface area (Å²) in [4.78, 5) is 24.2. The van der Waals surface area contributed by atoms with Crippen molar-refractivity contribution in [3.05, 3.63) is 35.4 Å². The van der Waals surface area contributed by atoms with Crippen molar-refractivity contribution < 1.29 is 9.59 Å². The normalized spacial score (nSPS) is 12.4. The Morgan fingerprint density at radius 1 is 0.963 bits per heavy atom. The predicted octanol–water partition coefficient (Wildman–Crippen LogP) is 4.20. The lowest BCUT2D eigenvalue weighted by Gasteiger charge is -2.22. The molecular weight excluding hydrogens is 336 g/mol. The summed E-state index contributed by atoms with van der Waals surface area (Å²) in [6, 6.07) is 8.71. The lowest BCUT2D eigenvalue weighted by Crippen LogP contribution is -2.42. The molecule has 0 heterocycles. The second-order valence-corrected chi connectivity index (χ2v) is 8.12. The maximum atomic E-state index is 12.3. The molecule has 0 saturated carbocycles. The van der Waals surface area contributed by atoms with Crippen LogP contribution in [0.2, 0.25) is 0 Å². The van der Waals surface area contributed by atoms with E-state index in [2.05, 4.69) is 55.7 Å². The van der Waals surface area contributed by atoms with Crippen molar-refractivity contribution in [2.24, 2.45) is 5.92 Å². The molecule has 27 heavy (non-hydrogen) atoms. The van der Waals surface area contributed by atoms with E-state index in [9.17, 15) is 9.59 Å². The molecule has 1 unspecified atom stereocenters. The van der Waals surface area contributed by atoms with Crippen LogP contribution in [-0.2, 0) is 16.0 Å². The number of ketones is 1. The molecule has 1 aromatic carbocycles. The molecule has 0 bridgehead atoms. The number of hydrogen-bond acceptors (Lipinski definition) is 3. The molecule has 0 aliphatic rings. The average Bonchev–Trinajstić information content (AvgIpc) is 2.61. The summed E-state index contributed by atoms with van der Waals surface area (Å²) in [7, 11) is 0. The number of Topliss-reactive ketones (excluding diaryl/α,β-unsaturated/α-hetero) is 1. The lowest BCUT2D eigenvalue weighted by atomic mass is 9.96. The summed E-state index contributed by atoms with van der Waals surface area (Å²) >= 11 is 0. The van der Waals surface area contributed by atoms with E-state index in [-0.39, 0.29) is 23.7 Å². The number of carbonyl (C=O) groups is 2. The Balaban J connectivity index is 2.17. The highest BCUT2D eigenvalue weighted by molar-refractivity contribution is 5.85. The Hall–Kier alpha value is -1.68. The molecule has 0 aliphatic heterocycles. The molecule has 4 heteroatoms. The molecule has 152 valence electrons. The first-order chi connectivity index (χ1) is 12.8. The van der Waals surface area contributed by atoms with Crippen molar-refractivity contribution in [1.82, 2.24) is 10.6 Å². The summed E-state index contributed by atoms with van der Waals surface area (Å²) in [5, 5.41) is 6.37. The van der Waals surface area contributed by atoms with Gasteiger partial charge < -0.3 is 10.6 Å². The van der Waals surface area contributed by atoms with Gasteiger partial charge in [-0.25, -0.2) is 0 Å². The van der Waals surface area contributed by atoms with Gasteiger partial charge in [-0.3, -0.25) is 9.59 Å². The second kappa shape index (κ2) is 12.7. The standard InChI is InChI=1S/C23H38N2O2/c1-17(2)23(27)21(25-18(3)4)10-6-7-16-24-22(26)11-8-9-20-14-12-19(5)13-15-20/h12-15,17-18,21,25H,6-11,16H2,1-5H3,(H,24,26). The number of carbonyl (C=O) groups excluding carboxylic acids is 2. The van der Waals surface area contributed by atoms with E-state index in [1.165, 1.54) is 11.1 Å². The minimum absolute atomic E-state index is 0.0504. The molecule has 0 saturated heterocycles. The molecule has 1 rings (SSSR count). The van der Waals surface area contributed by atoms with E-state index in [4.69, 9.17) is 0 Å². The van der Waals surface area contributed by atoms with Crippen LogP contribution in [-0.4, -0.2) is 30.3 Å². The third-order valence-corrected chi connectivity index (χ3v) is 4.68. The molecule has 1 aromatic rings. The van der Waals surface area contributed by atoms with E-state index in [1.54, 1.807) is 0 Å². The van der Waals surface area contributed by atoms with Crippen LogP contribution in [0.1, 0.15) is 70.9 Å². The number of unbranched alkanes of at least 4 members (excludes halogenated alkanes) is 1. The summed E-state index contributed by atoms with van der Waals surface area (Å²) in [6.07, 6.45) is 5.05. The SMILES string of the molecule is Cc1ccc(CCCC(=O)NCCCCC(NC(C)C)C(=O)C(C)C)cc1. The molecule has 4 nitrogen and oxygen atoms in total. The van der Waals surface area contributed by atoms with Crippen molar-refractivity contribution in [2.45, 2.75) is 85.2 Å². The van der Waals surface area contributed by atoms with E-state index in [1.807, 2.05) is 13.8 Å². The van der Waals surface area contributed by atoms with Crippen molar-refractivity contribution >= 4 is 11.7 Å². The fourth-order valence-corrected chi connectivity index (χ4v) is 3.11. The molecule has 1 atom stereocenters. The Morgan fingerprint density at radius 3 is 2.22 bits per heavy atom. The van der Waals surface area contributed by atoms with Gasteiger partial charge in [-0.2, -0.15) is 0 Å². The van der Waals surface area contributed by atoms with Crippen LogP contribution < -0.4 is 10.6 Å². The summed E-state index contributed by atoms with van der Waals surface area (Å²) in [5.74, 6) is 0.454. The zero-order valence-corrected chi connectivity index (χ0v) is 17.8. The number of aryl methyl sites for hydroxylation is 2. The van der Waals surface area contributed by atoms with Crippen molar-refractivity contribution in [1.29, 1.82) is 0 Å². The van der Waals surface area contributed by atoms with Crippen molar-refractivity contribution in [3.63, 3.8) is 0 Å². The van der Waals surface area contributed by atoms with Gasteiger partial charge in [0.1, 0.15) is 0 Å². The fraction of sp³-hybridized carbons (Fsp3) is 0.652. The van der Waals surface area contributed by atoms with Gasteiger partial charge in [0.05, 0.1) is 6.04 Å². The number of amides is 1. The zero-order valence-electron chi connectivity index (χ0n) is 17.8. The van der Waals surface area contributed by atoms with Crippen LogP contribution in [0.4, 0.5) is 0 Å². The highest BCUT2D eigenvalue weighted by Gasteiger charge is 2.21. The maximum Gasteiger partial charge on any atom is 0.220 e. The first-order valence-corrected chi connectivity index (χ1v) is 10.4. The number of rotatable bonds is 13. The molecule has 0 spiro atoms. The molecule has 0 fully saturated rings. The van der Waals surface area contributed by atoms with E-state index in [0.717, 1.165) is 32.1 Å². The molecule has 0 aromatic heterocycles. The topological polar surface area (TPSA) is 58.2 Å². The third-order valence-electron chi connectivity index (χ3n) is 4.68. The highest BCUT2D eigenvalue weighted by atomic mass is 16.1. The van der Waals surface area contributed by atoms with Gasteiger partial charge in [-0.15, -0.1) is 0 Å². The van der Waals surface area contributed by atoms with E-state index >= 15 is 0 Å². The second-order valence-electron chi connectivity index (χ2n) is 8.12. The Kier molecular flexibility index (Phi) is 11.0. The average molecular weight is 375 g/mol. The minimum Gasteiger partial charge on any atom is -0.356 e. The quantitative estimate of drug-likeness (QED) is 0.509. The Bertz CT molecular complexity index is 564. The van der Waals surface area contributed by atoms with Gasteiger partial charge in [0.15, 0.2) is 5.78 Å². The number of nitrogens with one attached hydrogen (secondary N) is 2. The van der Waals surface area contributed by atoms with Crippen LogP contribution in [0.3, 0.4) is 0 Å². The molecule has 0 aliphatic carbocycles. The number of hydrogen-bond donors (Lipinski definition) is 2. The van der Waals surface area contributed by atoms with Crippen LogP contribution in [0, 0.1) is 12.8 Å². The van der Waals surface area contributed by atoms with Gasteiger partial charge in [0.25, 0.3) is 0 Å². The largest absolute Gasteiger partial charge is 0.356 e. The van der Waals surface area contributed by atoms with Gasteiger partial charge in [0.2, 0.25) is 5.91 Å². The zero-order chi connectivity index (χ0) is 20.2. The van der Waals surface area contributed by atoms with Crippen molar-refractivity contribution in [2.75, 3.05) is 6.54 Å². The van der Waals surface area contributed by atoms with E-state index in [0.29, 0.717) is 19.0 Å². The highest BCUT2D eigenvalue weighted by Crippen LogP contribution is 2.09. The van der Waals surface area contributed by atoms with Crippen LogP contribution >= 0.6 is 0 Å². The molecule has 2 N–H and O–H groups in total. The fourth-order valence-electron chi connectivity index (χ4n) is 3.11. The summed E-state index contributed by atoms with van der Waals surface area (Å²) in [5.41, 5.74) is 2.55. The van der Waals surface area contributed by atoms with Gasteiger partial charge in [0, 0.05) is 24.9 Å². The summed E-state index contributed by atoms with van der Waals surface area (Å²) in [6.45, 7) is 10.8. The minimum atomic E-state index is -0.0739. The Labute approximate surface area is 165 Å². The smallest absolute Gasteiger partial charge is 0.220 e. The lowest BCUT2D eigenvalue weighted by molar-refractivity contribution is -0.124. The first-order valence-electron chi connectivity index (χ1n) is 10.4. The predicted molar refractivity (Wildman–Crippen MR) is 113 cm³/mol. The summed E-state index contributed by atoms with van der Waals surface area (Å²) < 4.78 is 0. The monoisotopic (exact) mass is 374 g/mol. The van der Waals surface area contributed by atoms with Gasteiger partial charge in [-0.05, 0) is 44.6 Å². The van der Waals surface area contributed by atoms with Crippen molar-refractivity contribution in [3.8, 4) is 0 Å². The number of benzene rings is 1. The molecular formula is C23H38N2O2. The van der Waals surface area contributed by atoms with Crippen LogP contribution in [0.5, 0.6) is 0 Å². The molecule has 1 amide bonds. The van der Waals surface area contributed by atoms with Crippen LogP contribution in [0.15, 0.2) is 24.3 Å². The van der Waals surface area contributed by atoms with Gasteiger partial charge in [-0.1, -0.05) is 57.5 Å². The maximum absolute atomic E-state index is 12.3. The third kappa shape index (κ3) is 10.3. The van der Waals surface area contributed by atoms with Gasteiger partial charge >= 0.3 is 0 Å². The first kappa shape index (κ1) is 23.4.